The van der Waals surface area contributed by atoms with Crippen molar-refractivity contribution < 1.29 is 23.8 Å². The van der Waals surface area contributed by atoms with Crippen LogP contribution in [0.2, 0.25) is 0 Å². The van der Waals surface area contributed by atoms with Gasteiger partial charge in [0.05, 0.1) is 12.2 Å². The fourth-order valence-corrected chi connectivity index (χ4v) is 2.39. The van der Waals surface area contributed by atoms with E-state index in [1.54, 1.807) is 0 Å². The lowest BCUT2D eigenvalue weighted by Gasteiger charge is -2.09. The summed E-state index contributed by atoms with van der Waals surface area (Å²) in [6.45, 7) is -0.949. The molecule has 0 saturated carbocycles. The van der Waals surface area contributed by atoms with E-state index in [2.05, 4.69) is 0 Å². The van der Waals surface area contributed by atoms with Gasteiger partial charge in [-0.1, -0.05) is 0 Å². The van der Waals surface area contributed by atoms with E-state index in [4.69, 9.17) is 14.9 Å². The topological polar surface area (TPSA) is 77.8 Å². The number of halogens is 1. The van der Waals surface area contributed by atoms with Crippen LogP contribution in [0.4, 0.5) is 4.39 Å². The van der Waals surface area contributed by atoms with Crippen LogP contribution in [0.25, 0.3) is 0 Å². The number of aliphatic hydroxyl groups excluding tert-OH is 1. The Morgan fingerprint density at radius 2 is 2.08 bits per heavy atom. The molecule has 0 heterocycles. The number of aliphatic hydroxyl groups is 1. The second kappa shape index (κ2) is 5.94. The second-order valence-electron chi connectivity index (χ2n) is 2.37. The van der Waals surface area contributed by atoms with Gasteiger partial charge in [0.2, 0.25) is 0 Å². The van der Waals surface area contributed by atoms with E-state index in [1.807, 2.05) is 0 Å². The van der Waals surface area contributed by atoms with Crippen molar-refractivity contribution in [3.63, 3.8) is 0 Å². The van der Waals surface area contributed by atoms with Crippen LogP contribution in [0.15, 0.2) is 0 Å². The minimum atomic E-state index is -3.98. The highest BCUT2D eigenvalue weighted by atomic mass is 32.2. The molecule has 0 spiro atoms. The van der Waals surface area contributed by atoms with Gasteiger partial charge >= 0.3 is 7.60 Å². The van der Waals surface area contributed by atoms with Gasteiger partial charge in [-0.2, -0.15) is 0 Å². The zero-order chi connectivity index (χ0) is 9.61. The second-order valence-corrected chi connectivity index (χ2v) is 5.47. The van der Waals surface area contributed by atoms with Crippen molar-refractivity contribution in [1.82, 2.24) is 0 Å². The molecule has 0 bridgehead atoms. The third-order valence-electron chi connectivity index (χ3n) is 1.09. The van der Waals surface area contributed by atoms with Crippen molar-refractivity contribution in [1.29, 1.82) is 0 Å². The molecule has 0 rings (SSSR count). The lowest BCUT2D eigenvalue weighted by molar-refractivity contribution is 0.212. The van der Waals surface area contributed by atoms with E-state index >= 15 is 0 Å². The van der Waals surface area contributed by atoms with Crippen LogP contribution < -0.4 is 0 Å². The fourth-order valence-electron chi connectivity index (χ4n) is 0.484. The first-order chi connectivity index (χ1) is 5.49. The van der Waals surface area contributed by atoms with E-state index in [1.165, 1.54) is 0 Å². The molecule has 0 radical (unpaired) electrons. The molecular weight excluding hydrogens is 206 g/mol. The van der Waals surface area contributed by atoms with Gasteiger partial charge in [-0.3, -0.25) is 8.96 Å². The van der Waals surface area contributed by atoms with Gasteiger partial charge in [-0.25, -0.2) is 0 Å². The minimum Gasteiger partial charge on any atom is -0.396 e. The van der Waals surface area contributed by atoms with Crippen LogP contribution in [-0.2, 0) is 4.57 Å². The number of hydrogen-bond donors (Lipinski definition) is 3. The molecule has 0 fully saturated rings. The first kappa shape index (κ1) is 12.4. The lowest BCUT2D eigenvalue weighted by atomic mass is 10.2. The van der Waals surface area contributed by atoms with Crippen LogP contribution in [0.3, 0.4) is 0 Å². The summed E-state index contributed by atoms with van der Waals surface area (Å²) in [6, 6.07) is 0. The quantitative estimate of drug-likeness (QED) is 0.563. The molecule has 12 heavy (non-hydrogen) atoms. The van der Waals surface area contributed by atoms with Crippen LogP contribution >= 0.6 is 19.4 Å². The normalized spacial score (nSPS) is 14.7. The molecule has 4 nitrogen and oxygen atoms in total. The molecule has 1 unspecified atom stereocenters. The first-order valence-corrected chi connectivity index (χ1v) is 6.24. The first-order valence-electron chi connectivity index (χ1n) is 3.28. The Hall–Kier alpha value is 0.390. The summed E-state index contributed by atoms with van der Waals surface area (Å²) in [4.78, 5) is 16.8. The Kier molecular flexibility index (Phi) is 6.13. The average Bonchev–Trinajstić information content (AvgIpc) is 1.96. The van der Waals surface area contributed by atoms with Gasteiger partial charge in [-0.05, 0) is 0 Å². The van der Waals surface area contributed by atoms with Gasteiger partial charge in [0.15, 0.2) is 0 Å². The summed E-state index contributed by atoms with van der Waals surface area (Å²) >= 11 is 0.954. The molecule has 0 amide bonds. The van der Waals surface area contributed by atoms with E-state index in [9.17, 15) is 8.96 Å². The van der Waals surface area contributed by atoms with E-state index in [-0.39, 0.29) is 17.9 Å². The summed E-state index contributed by atoms with van der Waals surface area (Å²) in [6.07, 6.45) is 0. The number of alkyl halides is 1. The molecule has 74 valence electrons. The summed E-state index contributed by atoms with van der Waals surface area (Å²) in [5, 5.41) is 8.51. The summed E-state index contributed by atoms with van der Waals surface area (Å²) in [5.41, 5.74) is -0.316. The number of hydrogen-bond acceptors (Lipinski definition) is 3. The molecule has 0 aromatic heterocycles. The zero-order valence-electron chi connectivity index (χ0n) is 6.39. The van der Waals surface area contributed by atoms with Gasteiger partial charge in [0.1, 0.15) is 0 Å². The molecule has 1 atom stereocenters. The maximum absolute atomic E-state index is 11.9. The molecule has 0 aromatic rings. The van der Waals surface area contributed by atoms with Gasteiger partial charge < -0.3 is 14.9 Å². The molecule has 3 N–H and O–H groups in total. The Labute approximate surface area is 74.3 Å². The van der Waals surface area contributed by atoms with Gasteiger partial charge in [-0.15, -0.1) is 11.8 Å². The Morgan fingerprint density at radius 1 is 1.50 bits per heavy atom. The Bertz CT molecular complexity index is 158. The van der Waals surface area contributed by atoms with Crippen molar-refractivity contribution in [2.24, 2.45) is 5.92 Å². The fraction of sp³-hybridized carbons (Fsp3) is 1.00. The average molecular weight is 218 g/mol. The summed E-state index contributed by atoms with van der Waals surface area (Å²) in [5.74, 6) is -0.278. The molecular formula is C5H12FO4PS. The highest BCUT2D eigenvalue weighted by Gasteiger charge is 2.14. The van der Waals surface area contributed by atoms with Crippen molar-refractivity contribution >= 4 is 19.4 Å². The molecule has 0 aliphatic carbocycles. The third-order valence-corrected chi connectivity index (χ3v) is 3.87. The number of rotatable bonds is 6. The SMILES string of the molecule is O=P(O)(O)CSCC(CO)CF. The largest absolute Gasteiger partial charge is 0.396 e. The smallest absolute Gasteiger partial charge is 0.335 e. The molecule has 0 aliphatic rings. The lowest BCUT2D eigenvalue weighted by Crippen LogP contribution is -2.11. The highest BCUT2D eigenvalue weighted by molar-refractivity contribution is 8.04. The maximum Gasteiger partial charge on any atom is 0.335 e. The summed E-state index contributed by atoms with van der Waals surface area (Å²) in [7, 11) is -3.98. The van der Waals surface area contributed by atoms with Gasteiger partial charge in [0.25, 0.3) is 0 Å². The highest BCUT2D eigenvalue weighted by Crippen LogP contribution is 2.38. The van der Waals surface area contributed by atoms with Crippen molar-refractivity contribution in [3.8, 4) is 0 Å². The predicted molar refractivity (Wildman–Crippen MR) is 45.9 cm³/mol. The maximum atomic E-state index is 11.9. The molecule has 0 saturated heterocycles. The minimum absolute atomic E-state index is 0.234. The number of thioether (sulfide) groups is 1. The molecule has 0 aliphatic heterocycles. The monoisotopic (exact) mass is 218 g/mol. The summed E-state index contributed by atoms with van der Waals surface area (Å²) < 4.78 is 22.2. The molecule has 7 heteroatoms. The van der Waals surface area contributed by atoms with Crippen molar-refractivity contribution in [2.75, 3.05) is 24.5 Å². The molecule has 0 aromatic carbocycles. The predicted octanol–water partition coefficient (Wildman–Crippen LogP) is 0.433. The Morgan fingerprint density at radius 3 is 2.42 bits per heavy atom. The van der Waals surface area contributed by atoms with E-state index in [0.29, 0.717) is 0 Å². The Balaban J connectivity index is 3.48. The van der Waals surface area contributed by atoms with E-state index in [0.717, 1.165) is 11.8 Å². The van der Waals surface area contributed by atoms with Crippen molar-refractivity contribution in [2.45, 2.75) is 0 Å². The standard InChI is InChI=1S/C5H12FO4PS/c6-1-5(2-7)3-12-4-11(8,9)10/h5,7H,1-4H2,(H2,8,9,10). The van der Waals surface area contributed by atoms with E-state index < -0.39 is 20.2 Å². The van der Waals surface area contributed by atoms with Gasteiger partial charge in [0, 0.05) is 18.3 Å². The van der Waals surface area contributed by atoms with Crippen molar-refractivity contribution in [3.05, 3.63) is 0 Å². The van der Waals surface area contributed by atoms with Crippen LogP contribution in [0.1, 0.15) is 0 Å². The van der Waals surface area contributed by atoms with Crippen LogP contribution in [0, 0.1) is 5.92 Å². The van der Waals surface area contributed by atoms with Crippen LogP contribution in [0.5, 0.6) is 0 Å². The zero-order valence-corrected chi connectivity index (χ0v) is 8.10. The third kappa shape index (κ3) is 7.06. The van der Waals surface area contributed by atoms with Crippen LogP contribution in [-0.4, -0.2) is 39.4 Å².